The minimum absolute atomic E-state index is 0.224. The summed E-state index contributed by atoms with van der Waals surface area (Å²) in [5.74, 6) is 1.89. The maximum Gasteiger partial charge on any atom is 0.404 e. The molecule has 0 fully saturated rings. The molecule has 5 N–H and O–H groups in total. The molecular formula is C24H33N7O4S. The summed E-state index contributed by atoms with van der Waals surface area (Å²) in [6, 6.07) is 5.94. The zero-order valence-electron chi connectivity index (χ0n) is 20.6. The van der Waals surface area contributed by atoms with Gasteiger partial charge in [0.05, 0.1) is 11.2 Å². The van der Waals surface area contributed by atoms with E-state index in [-0.39, 0.29) is 6.79 Å². The van der Waals surface area contributed by atoms with Crippen LogP contribution in [-0.4, -0.2) is 66.3 Å². The molecule has 11 nitrogen and oxygen atoms in total. The number of amides is 1. The number of hydrogen-bond acceptors (Lipinski definition) is 9. The summed E-state index contributed by atoms with van der Waals surface area (Å²) >= 11 is 1.57. The lowest BCUT2D eigenvalue weighted by atomic mass is 10.2. The Kier molecular flexibility index (Phi) is 8.60. The number of nitrogens with zero attached hydrogens (tertiary/aromatic N) is 4. The highest BCUT2D eigenvalue weighted by Crippen LogP contribution is 2.44. The molecule has 1 aliphatic rings. The van der Waals surface area contributed by atoms with Crippen LogP contribution >= 0.6 is 11.8 Å². The molecule has 2 aromatic heterocycles. The molecule has 194 valence electrons. The van der Waals surface area contributed by atoms with Gasteiger partial charge < -0.3 is 40.4 Å². The van der Waals surface area contributed by atoms with E-state index < -0.39 is 6.09 Å². The van der Waals surface area contributed by atoms with Gasteiger partial charge in [-0.25, -0.2) is 14.8 Å². The molecule has 4 rings (SSSR count). The topological polar surface area (TPSA) is 140 Å². The second-order valence-corrected chi connectivity index (χ2v) is 9.68. The van der Waals surface area contributed by atoms with Crippen molar-refractivity contribution in [2.75, 3.05) is 51.2 Å². The highest BCUT2D eigenvalue weighted by Gasteiger charge is 2.21. The predicted octanol–water partition coefficient (Wildman–Crippen LogP) is 3.38. The zero-order valence-corrected chi connectivity index (χ0v) is 21.4. The van der Waals surface area contributed by atoms with Crippen molar-refractivity contribution in [2.24, 2.45) is 0 Å². The summed E-state index contributed by atoms with van der Waals surface area (Å²) in [6.07, 6.45) is 4.71. The molecule has 3 heterocycles. The van der Waals surface area contributed by atoms with Crippen LogP contribution in [0, 0.1) is 0 Å². The van der Waals surface area contributed by atoms with Gasteiger partial charge in [0.2, 0.25) is 6.79 Å². The van der Waals surface area contributed by atoms with E-state index in [1.807, 2.05) is 37.2 Å². The monoisotopic (exact) mass is 515 g/mol. The van der Waals surface area contributed by atoms with Crippen molar-refractivity contribution in [3.05, 3.63) is 24.4 Å². The van der Waals surface area contributed by atoms with Crippen molar-refractivity contribution in [3.8, 4) is 11.5 Å². The number of aromatic nitrogens is 3. The Morgan fingerprint density at radius 3 is 2.67 bits per heavy atom. The lowest BCUT2D eigenvalue weighted by Gasteiger charge is -2.18. The van der Waals surface area contributed by atoms with Gasteiger partial charge in [0.25, 0.3) is 0 Å². The van der Waals surface area contributed by atoms with Crippen molar-refractivity contribution in [1.82, 2.24) is 25.2 Å². The Bertz CT molecular complexity index is 1200. The van der Waals surface area contributed by atoms with E-state index in [1.54, 1.807) is 18.0 Å². The SMILES string of the molecule is CN(C)c1cc2c(cc1Sc1nc3c(N)nccc3n1CCNCCCCCCNC(=O)O)OCO2. The van der Waals surface area contributed by atoms with Crippen molar-refractivity contribution >= 4 is 40.4 Å². The van der Waals surface area contributed by atoms with Crippen LogP contribution in [0.1, 0.15) is 25.7 Å². The highest BCUT2D eigenvalue weighted by molar-refractivity contribution is 7.99. The maximum absolute atomic E-state index is 10.5. The van der Waals surface area contributed by atoms with Crippen LogP contribution in [0.15, 0.2) is 34.4 Å². The average Bonchev–Trinajstić information content (AvgIpc) is 3.44. The number of nitrogens with two attached hydrogens (primary N) is 1. The summed E-state index contributed by atoms with van der Waals surface area (Å²) in [7, 11) is 4.00. The molecule has 1 aliphatic heterocycles. The number of benzene rings is 1. The molecule has 0 radical (unpaired) electrons. The number of unbranched alkanes of at least 4 members (excludes halogenated alkanes) is 3. The van der Waals surface area contributed by atoms with Gasteiger partial charge in [-0.2, -0.15) is 0 Å². The van der Waals surface area contributed by atoms with E-state index in [2.05, 4.69) is 20.2 Å². The number of fused-ring (bicyclic) bond motifs is 2. The number of rotatable bonds is 13. The minimum Gasteiger partial charge on any atom is -0.465 e. The first-order valence-corrected chi connectivity index (χ1v) is 12.8. The number of anilines is 2. The van der Waals surface area contributed by atoms with Gasteiger partial charge >= 0.3 is 6.09 Å². The molecule has 1 aromatic carbocycles. The number of carboxylic acid groups (broad SMARTS) is 1. The minimum atomic E-state index is -0.963. The van der Waals surface area contributed by atoms with Crippen LogP contribution in [0.2, 0.25) is 0 Å². The highest BCUT2D eigenvalue weighted by atomic mass is 32.2. The first kappa shape index (κ1) is 25.7. The predicted molar refractivity (Wildman–Crippen MR) is 140 cm³/mol. The summed E-state index contributed by atoms with van der Waals surface area (Å²) in [5, 5.41) is 15.3. The van der Waals surface area contributed by atoms with Gasteiger partial charge in [-0.05, 0) is 37.2 Å². The van der Waals surface area contributed by atoms with Crippen molar-refractivity contribution in [1.29, 1.82) is 0 Å². The third-order valence-electron chi connectivity index (χ3n) is 5.87. The largest absolute Gasteiger partial charge is 0.465 e. The molecular weight excluding hydrogens is 482 g/mol. The van der Waals surface area contributed by atoms with Crippen molar-refractivity contribution < 1.29 is 19.4 Å². The molecule has 3 aromatic rings. The summed E-state index contributed by atoms with van der Waals surface area (Å²) < 4.78 is 13.4. The summed E-state index contributed by atoms with van der Waals surface area (Å²) in [5.41, 5.74) is 8.82. The number of imidazole rings is 1. The lowest BCUT2D eigenvalue weighted by molar-refractivity contribution is 0.174. The zero-order chi connectivity index (χ0) is 25.5. The number of nitrogen functional groups attached to an aromatic ring is 1. The van der Waals surface area contributed by atoms with Crippen LogP contribution in [0.5, 0.6) is 11.5 Å². The fourth-order valence-corrected chi connectivity index (χ4v) is 5.17. The standard InChI is InChI=1S/C24H33N7O4S/c1-30(2)17-13-18-19(35-15-34-18)14-20(17)36-23-29-21-16(7-10-27-22(21)25)31(23)12-11-26-8-5-3-4-6-9-28-24(32)33/h7,10,13-14,26,28H,3-6,8-9,11-12,15H2,1-2H3,(H2,25,27)(H,32,33). The van der Waals surface area contributed by atoms with Gasteiger partial charge in [-0.1, -0.05) is 12.8 Å². The Morgan fingerprint density at radius 2 is 1.92 bits per heavy atom. The van der Waals surface area contributed by atoms with E-state index in [9.17, 15) is 4.79 Å². The van der Waals surface area contributed by atoms with Gasteiger partial charge in [-0.15, -0.1) is 0 Å². The third-order valence-corrected chi connectivity index (χ3v) is 6.91. The number of carbonyl (C=O) groups is 1. The van der Waals surface area contributed by atoms with Crippen molar-refractivity contribution in [3.63, 3.8) is 0 Å². The van der Waals surface area contributed by atoms with Crippen LogP contribution in [0.3, 0.4) is 0 Å². The molecule has 12 heteroatoms. The van der Waals surface area contributed by atoms with E-state index >= 15 is 0 Å². The molecule has 0 unspecified atom stereocenters. The van der Waals surface area contributed by atoms with E-state index in [4.69, 9.17) is 25.3 Å². The third kappa shape index (κ3) is 6.24. The second kappa shape index (κ2) is 12.0. The van der Waals surface area contributed by atoms with E-state index in [1.165, 1.54) is 0 Å². The summed E-state index contributed by atoms with van der Waals surface area (Å²) in [4.78, 5) is 22.6. The van der Waals surface area contributed by atoms with Crippen molar-refractivity contribution in [2.45, 2.75) is 42.3 Å². The van der Waals surface area contributed by atoms with Crippen LogP contribution < -0.4 is 30.7 Å². The second-order valence-electron chi connectivity index (χ2n) is 8.68. The molecule has 0 spiro atoms. The van der Waals surface area contributed by atoms with Gasteiger partial charge in [0.1, 0.15) is 5.52 Å². The first-order chi connectivity index (χ1) is 17.4. The van der Waals surface area contributed by atoms with Gasteiger partial charge in [0, 0.05) is 57.0 Å². The lowest BCUT2D eigenvalue weighted by Crippen LogP contribution is -2.22. The maximum atomic E-state index is 10.5. The first-order valence-electron chi connectivity index (χ1n) is 12.0. The number of pyridine rings is 1. The quantitative estimate of drug-likeness (QED) is 0.250. The van der Waals surface area contributed by atoms with E-state index in [0.717, 1.165) is 78.1 Å². The fraction of sp³-hybridized carbons (Fsp3) is 0.458. The van der Waals surface area contributed by atoms with Crippen LogP contribution in [0.25, 0.3) is 11.0 Å². The number of nitrogens with one attached hydrogen (secondary N) is 2. The fourth-order valence-electron chi connectivity index (χ4n) is 4.03. The number of ether oxygens (including phenoxy) is 2. The number of hydrogen-bond donors (Lipinski definition) is 4. The summed E-state index contributed by atoms with van der Waals surface area (Å²) in [6.45, 7) is 3.14. The molecule has 0 aliphatic carbocycles. The smallest absolute Gasteiger partial charge is 0.404 e. The Labute approximate surface area is 214 Å². The van der Waals surface area contributed by atoms with Crippen LogP contribution in [0.4, 0.5) is 16.3 Å². The molecule has 0 bridgehead atoms. The Morgan fingerprint density at radius 1 is 1.17 bits per heavy atom. The molecule has 0 saturated carbocycles. The van der Waals surface area contributed by atoms with Gasteiger partial charge in [-0.3, -0.25) is 0 Å². The Balaban J connectivity index is 1.41. The molecule has 1 amide bonds. The average molecular weight is 516 g/mol. The Hall–Kier alpha value is -3.38. The molecule has 0 saturated heterocycles. The molecule has 0 atom stereocenters. The normalized spacial score (nSPS) is 12.3. The van der Waals surface area contributed by atoms with Crippen LogP contribution in [-0.2, 0) is 6.54 Å². The van der Waals surface area contributed by atoms with E-state index in [0.29, 0.717) is 17.9 Å². The van der Waals surface area contributed by atoms with Gasteiger partial charge in [0.15, 0.2) is 22.5 Å². The molecule has 36 heavy (non-hydrogen) atoms.